The Labute approximate surface area is 132 Å². The summed E-state index contributed by atoms with van der Waals surface area (Å²) in [7, 11) is 1.70. The summed E-state index contributed by atoms with van der Waals surface area (Å²) in [6.07, 6.45) is 1.87. The maximum Gasteiger partial charge on any atom is 0.126 e. The molecule has 0 fully saturated rings. The summed E-state index contributed by atoms with van der Waals surface area (Å²) in [4.78, 5) is 5.63. The van der Waals surface area contributed by atoms with E-state index in [-0.39, 0.29) is 6.10 Å². The number of aromatic nitrogens is 3. The molecule has 3 aromatic rings. The van der Waals surface area contributed by atoms with E-state index in [1.165, 1.54) is 0 Å². The Hall–Kier alpha value is -2.12. The molecule has 0 aliphatic rings. The van der Waals surface area contributed by atoms with Gasteiger partial charge < -0.3 is 15.8 Å². The molecule has 3 heterocycles. The van der Waals surface area contributed by atoms with Crippen LogP contribution in [-0.4, -0.2) is 34.9 Å². The van der Waals surface area contributed by atoms with E-state index in [2.05, 4.69) is 27.4 Å². The molecule has 0 aliphatic heterocycles. The van der Waals surface area contributed by atoms with Gasteiger partial charge in [0.25, 0.3) is 0 Å². The van der Waals surface area contributed by atoms with E-state index >= 15 is 0 Å². The number of nitrogens with one attached hydrogen (secondary N) is 2. The van der Waals surface area contributed by atoms with E-state index in [9.17, 15) is 0 Å². The zero-order valence-electron chi connectivity index (χ0n) is 12.8. The van der Waals surface area contributed by atoms with Crippen LogP contribution in [0.1, 0.15) is 12.5 Å². The Morgan fingerprint density at radius 2 is 2.32 bits per heavy atom. The van der Waals surface area contributed by atoms with Gasteiger partial charge in [0, 0.05) is 25.9 Å². The molecule has 0 aromatic carbocycles. The van der Waals surface area contributed by atoms with Gasteiger partial charge in [-0.25, -0.2) is 4.98 Å². The summed E-state index contributed by atoms with van der Waals surface area (Å²) in [5.74, 6) is 0.511. The van der Waals surface area contributed by atoms with E-state index in [0.717, 1.165) is 32.0 Å². The average Bonchev–Trinajstić information content (AvgIpc) is 3.13. The van der Waals surface area contributed by atoms with Crippen molar-refractivity contribution in [3.05, 3.63) is 23.9 Å². The summed E-state index contributed by atoms with van der Waals surface area (Å²) in [6.45, 7) is 4.79. The highest BCUT2D eigenvalue weighted by molar-refractivity contribution is 7.23. The molecule has 3 rings (SSSR count). The Bertz CT molecular complexity index is 781. The third-order valence-corrected chi connectivity index (χ3v) is 4.97. The third kappa shape index (κ3) is 2.65. The number of fused-ring (bicyclic) bond motifs is 1. The summed E-state index contributed by atoms with van der Waals surface area (Å²) in [5, 5.41) is 10.4. The zero-order valence-corrected chi connectivity index (χ0v) is 13.6. The standard InChI is InChI=1S/C15H19N5OS/c1-8(21-3)7-17-11-6-12(16)19-13-9(2)14(22-15(11)13)10-4-5-18-20-10/h4-6,8H,7H2,1-3H3,(H,18,20)(H3,16,17,19)/t8-/m1/s1. The molecule has 1 atom stereocenters. The van der Waals surface area contributed by atoms with Gasteiger partial charge in [-0.3, -0.25) is 5.10 Å². The van der Waals surface area contributed by atoms with Crippen molar-refractivity contribution in [2.45, 2.75) is 20.0 Å². The fraction of sp³-hybridized carbons (Fsp3) is 0.333. The smallest absolute Gasteiger partial charge is 0.126 e. The van der Waals surface area contributed by atoms with Crippen LogP contribution in [-0.2, 0) is 4.74 Å². The van der Waals surface area contributed by atoms with Gasteiger partial charge in [0.15, 0.2) is 0 Å². The molecule has 116 valence electrons. The minimum atomic E-state index is 0.123. The molecule has 0 aliphatic carbocycles. The van der Waals surface area contributed by atoms with E-state index in [1.807, 2.05) is 19.1 Å². The lowest BCUT2D eigenvalue weighted by molar-refractivity contribution is 0.129. The summed E-state index contributed by atoms with van der Waals surface area (Å²) in [5.41, 5.74) is 9.99. The maximum atomic E-state index is 5.96. The van der Waals surface area contributed by atoms with Crippen LogP contribution in [0.15, 0.2) is 18.3 Å². The third-order valence-electron chi connectivity index (χ3n) is 3.62. The van der Waals surface area contributed by atoms with Crippen molar-refractivity contribution < 1.29 is 4.74 Å². The number of H-pyrrole nitrogens is 1. The monoisotopic (exact) mass is 317 g/mol. The molecule has 0 unspecified atom stereocenters. The number of nitrogen functional groups attached to an aromatic ring is 1. The number of methoxy groups -OCH3 is 1. The number of aromatic amines is 1. The van der Waals surface area contributed by atoms with E-state index < -0.39 is 0 Å². The highest BCUT2D eigenvalue weighted by atomic mass is 32.1. The quantitative estimate of drug-likeness (QED) is 0.673. The van der Waals surface area contributed by atoms with Crippen LogP contribution in [0.4, 0.5) is 11.5 Å². The van der Waals surface area contributed by atoms with Crippen molar-refractivity contribution in [3.63, 3.8) is 0 Å². The summed E-state index contributed by atoms with van der Waals surface area (Å²) in [6, 6.07) is 3.83. The molecule has 6 nitrogen and oxygen atoms in total. The Morgan fingerprint density at radius 3 is 3.00 bits per heavy atom. The largest absolute Gasteiger partial charge is 0.384 e. The molecular formula is C15H19N5OS. The number of thiophene rings is 1. The Balaban J connectivity index is 2.07. The minimum Gasteiger partial charge on any atom is -0.384 e. The Morgan fingerprint density at radius 1 is 1.50 bits per heavy atom. The first-order chi connectivity index (χ1) is 10.6. The number of hydrogen-bond donors (Lipinski definition) is 3. The molecular weight excluding hydrogens is 298 g/mol. The molecule has 0 amide bonds. The summed E-state index contributed by atoms with van der Waals surface area (Å²) >= 11 is 1.68. The van der Waals surface area contributed by atoms with Crippen molar-refractivity contribution in [1.29, 1.82) is 0 Å². The first-order valence-electron chi connectivity index (χ1n) is 7.06. The Kier molecular flexibility index (Phi) is 4.00. The van der Waals surface area contributed by atoms with E-state index in [1.54, 1.807) is 24.6 Å². The molecule has 22 heavy (non-hydrogen) atoms. The van der Waals surface area contributed by atoms with Gasteiger partial charge in [-0.15, -0.1) is 11.3 Å². The lowest BCUT2D eigenvalue weighted by Crippen LogP contribution is -2.18. The van der Waals surface area contributed by atoms with Crippen LogP contribution in [0, 0.1) is 6.92 Å². The first-order valence-corrected chi connectivity index (χ1v) is 7.87. The van der Waals surface area contributed by atoms with Gasteiger partial charge >= 0.3 is 0 Å². The normalized spacial score (nSPS) is 12.7. The van der Waals surface area contributed by atoms with E-state index in [0.29, 0.717) is 12.4 Å². The number of hydrogen-bond acceptors (Lipinski definition) is 6. The second kappa shape index (κ2) is 5.94. The number of rotatable bonds is 5. The zero-order chi connectivity index (χ0) is 15.7. The minimum absolute atomic E-state index is 0.123. The fourth-order valence-corrected chi connectivity index (χ4v) is 3.52. The molecule has 4 N–H and O–H groups in total. The predicted octanol–water partition coefficient (Wildman–Crippen LogP) is 3.02. The molecule has 0 radical (unpaired) electrons. The number of pyridine rings is 1. The fourth-order valence-electron chi connectivity index (χ4n) is 2.30. The van der Waals surface area contributed by atoms with Crippen LogP contribution >= 0.6 is 11.3 Å². The van der Waals surface area contributed by atoms with Gasteiger partial charge in [0.2, 0.25) is 0 Å². The van der Waals surface area contributed by atoms with Crippen molar-refractivity contribution in [3.8, 4) is 10.6 Å². The predicted molar refractivity (Wildman–Crippen MR) is 91.3 cm³/mol. The van der Waals surface area contributed by atoms with E-state index in [4.69, 9.17) is 10.5 Å². The van der Waals surface area contributed by atoms with Gasteiger partial charge in [-0.1, -0.05) is 0 Å². The number of nitrogens with two attached hydrogens (primary N) is 1. The van der Waals surface area contributed by atoms with Crippen LogP contribution in [0.25, 0.3) is 20.8 Å². The van der Waals surface area contributed by atoms with Crippen LogP contribution in [0.2, 0.25) is 0 Å². The molecule has 7 heteroatoms. The van der Waals surface area contributed by atoms with Crippen LogP contribution in [0.5, 0.6) is 0 Å². The number of ether oxygens (including phenoxy) is 1. The van der Waals surface area contributed by atoms with Crippen molar-refractivity contribution in [1.82, 2.24) is 15.2 Å². The van der Waals surface area contributed by atoms with Crippen molar-refractivity contribution in [2.75, 3.05) is 24.7 Å². The van der Waals surface area contributed by atoms with Gasteiger partial charge in [-0.2, -0.15) is 5.10 Å². The average molecular weight is 317 g/mol. The number of anilines is 2. The highest BCUT2D eigenvalue weighted by Crippen LogP contribution is 2.40. The van der Waals surface area contributed by atoms with Crippen molar-refractivity contribution >= 4 is 33.1 Å². The topological polar surface area (TPSA) is 88.8 Å². The molecule has 0 bridgehead atoms. The SMILES string of the molecule is CO[C@H](C)CNc1cc(N)nc2c(C)c(-c3ccn[nH]3)sc12. The van der Waals surface area contributed by atoms with Crippen molar-refractivity contribution in [2.24, 2.45) is 0 Å². The number of aryl methyl sites for hydroxylation is 1. The van der Waals surface area contributed by atoms with Gasteiger partial charge in [0.1, 0.15) is 5.82 Å². The molecule has 0 spiro atoms. The van der Waals surface area contributed by atoms with Gasteiger partial charge in [-0.05, 0) is 25.5 Å². The highest BCUT2D eigenvalue weighted by Gasteiger charge is 2.16. The van der Waals surface area contributed by atoms with Crippen LogP contribution in [0.3, 0.4) is 0 Å². The first kappa shape index (κ1) is 14.8. The molecule has 0 saturated heterocycles. The summed E-state index contributed by atoms with van der Waals surface area (Å²) < 4.78 is 6.38. The second-order valence-corrected chi connectivity index (χ2v) is 6.25. The molecule has 0 saturated carbocycles. The molecule has 3 aromatic heterocycles. The lowest BCUT2D eigenvalue weighted by Gasteiger charge is -2.12. The van der Waals surface area contributed by atoms with Crippen LogP contribution < -0.4 is 11.1 Å². The maximum absolute atomic E-state index is 5.96. The lowest BCUT2D eigenvalue weighted by atomic mass is 10.2. The second-order valence-electron chi connectivity index (χ2n) is 5.23. The van der Waals surface area contributed by atoms with Gasteiger partial charge in [0.05, 0.1) is 32.6 Å². The number of nitrogens with zero attached hydrogens (tertiary/aromatic N) is 2.